The molecule has 0 spiro atoms. The topological polar surface area (TPSA) is 56.7 Å². The molecule has 0 fully saturated rings. The van der Waals surface area contributed by atoms with Crippen LogP contribution >= 0.6 is 11.3 Å². The lowest BCUT2D eigenvalue weighted by molar-refractivity contribution is 0.673. The molecule has 6 heteroatoms. The molecule has 0 bridgehead atoms. The largest absolute Gasteiger partial charge is 0.455 e. The van der Waals surface area contributed by atoms with E-state index in [2.05, 4.69) is 120 Å². The SMILES string of the molecule is c1ccc(-c2nc(-c3ccccc3)nc(-c3ccc4c(c3)sc3ccc(-c5cccc(-n6c7ccccc7c7c8oc9ccccc9c8ccc76)c5)cc34)n2)cc1. The second-order valence-electron chi connectivity index (χ2n) is 14.4. The summed E-state index contributed by atoms with van der Waals surface area (Å²) in [6, 6.07) is 63.9. The van der Waals surface area contributed by atoms with Crippen molar-refractivity contribution >= 4 is 75.3 Å². The minimum absolute atomic E-state index is 0.658. The van der Waals surface area contributed by atoms with E-state index >= 15 is 0 Å². The molecule has 0 unspecified atom stereocenters. The average molecular weight is 747 g/mol. The van der Waals surface area contributed by atoms with Gasteiger partial charge in [-0.15, -0.1) is 11.3 Å². The van der Waals surface area contributed by atoms with Crippen LogP contribution in [0.2, 0.25) is 0 Å². The molecule has 0 saturated heterocycles. The molecule has 12 rings (SSSR count). The van der Waals surface area contributed by atoms with Gasteiger partial charge in [0.2, 0.25) is 0 Å². The van der Waals surface area contributed by atoms with Crippen LogP contribution in [0.3, 0.4) is 0 Å². The lowest BCUT2D eigenvalue weighted by atomic mass is 10.0. The molecule has 5 nitrogen and oxygen atoms in total. The molecule has 0 atom stereocenters. The number of furan rings is 1. The normalized spacial score (nSPS) is 11.9. The first kappa shape index (κ1) is 31.9. The zero-order valence-electron chi connectivity index (χ0n) is 30.4. The number of aromatic nitrogens is 4. The van der Waals surface area contributed by atoms with Crippen LogP contribution in [0.25, 0.3) is 115 Å². The molecule has 266 valence electrons. The number of benzene rings is 8. The van der Waals surface area contributed by atoms with E-state index in [4.69, 9.17) is 19.4 Å². The van der Waals surface area contributed by atoms with Crippen molar-refractivity contribution in [1.82, 2.24) is 19.5 Å². The summed E-state index contributed by atoms with van der Waals surface area (Å²) in [6.07, 6.45) is 0. The monoisotopic (exact) mass is 746 g/mol. The Kier molecular flexibility index (Phi) is 7.03. The zero-order chi connectivity index (χ0) is 37.5. The maximum absolute atomic E-state index is 6.54. The van der Waals surface area contributed by atoms with Gasteiger partial charge in [0.25, 0.3) is 0 Å². The summed E-state index contributed by atoms with van der Waals surface area (Å²) in [6.45, 7) is 0. The highest BCUT2D eigenvalue weighted by molar-refractivity contribution is 7.25. The van der Waals surface area contributed by atoms with Crippen molar-refractivity contribution in [2.75, 3.05) is 0 Å². The molecule has 0 aliphatic carbocycles. The van der Waals surface area contributed by atoms with Gasteiger partial charge >= 0.3 is 0 Å². The summed E-state index contributed by atoms with van der Waals surface area (Å²) in [5, 5.41) is 7.05. The lowest BCUT2D eigenvalue weighted by Gasteiger charge is -2.10. The summed E-state index contributed by atoms with van der Waals surface area (Å²) >= 11 is 1.80. The number of nitrogens with zero attached hydrogens (tertiary/aromatic N) is 4. The van der Waals surface area contributed by atoms with Gasteiger partial charge in [0.15, 0.2) is 17.5 Å². The number of hydrogen-bond acceptors (Lipinski definition) is 5. The van der Waals surface area contributed by atoms with Crippen molar-refractivity contribution < 1.29 is 4.42 Å². The van der Waals surface area contributed by atoms with Crippen molar-refractivity contribution in [3.63, 3.8) is 0 Å². The summed E-state index contributed by atoms with van der Waals surface area (Å²) in [5.41, 5.74) is 10.4. The predicted octanol–water partition coefficient (Wildman–Crippen LogP) is 13.9. The van der Waals surface area contributed by atoms with Crippen LogP contribution in [0.4, 0.5) is 0 Å². The molecule has 0 aliphatic rings. The molecular weight excluding hydrogens is 717 g/mol. The van der Waals surface area contributed by atoms with Gasteiger partial charge in [-0.3, -0.25) is 0 Å². The van der Waals surface area contributed by atoms with Crippen LogP contribution in [0.1, 0.15) is 0 Å². The number of para-hydroxylation sites is 2. The molecule has 0 saturated carbocycles. The fourth-order valence-corrected chi connectivity index (χ4v) is 9.50. The second kappa shape index (κ2) is 12.6. The molecule has 4 heterocycles. The van der Waals surface area contributed by atoms with Crippen molar-refractivity contribution in [2.45, 2.75) is 0 Å². The molecule has 8 aromatic carbocycles. The first-order chi connectivity index (χ1) is 28.2. The number of rotatable bonds is 5. The van der Waals surface area contributed by atoms with E-state index in [0.717, 1.165) is 66.3 Å². The Bertz CT molecular complexity index is 3470. The Balaban J connectivity index is 0.961. The molecule has 0 aliphatic heterocycles. The molecule has 0 N–H and O–H groups in total. The minimum atomic E-state index is 0.658. The van der Waals surface area contributed by atoms with Crippen LogP contribution in [0, 0.1) is 0 Å². The maximum Gasteiger partial charge on any atom is 0.164 e. The van der Waals surface area contributed by atoms with Gasteiger partial charge in [-0.25, -0.2) is 15.0 Å². The zero-order valence-corrected chi connectivity index (χ0v) is 31.2. The van der Waals surface area contributed by atoms with E-state index < -0.39 is 0 Å². The third-order valence-corrected chi connectivity index (χ3v) is 12.2. The smallest absolute Gasteiger partial charge is 0.164 e. The average Bonchev–Trinajstić information content (AvgIpc) is 3.96. The number of fused-ring (bicyclic) bond motifs is 10. The highest BCUT2D eigenvalue weighted by atomic mass is 32.1. The van der Waals surface area contributed by atoms with E-state index in [1.54, 1.807) is 11.3 Å². The van der Waals surface area contributed by atoms with E-state index in [-0.39, 0.29) is 0 Å². The fourth-order valence-electron chi connectivity index (χ4n) is 8.37. The van der Waals surface area contributed by atoms with Crippen LogP contribution < -0.4 is 0 Å². The van der Waals surface area contributed by atoms with Crippen molar-refractivity contribution in [2.24, 2.45) is 0 Å². The lowest BCUT2D eigenvalue weighted by Crippen LogP contribution is -1.99. The van der Waals surface area contributed by atoms with Crippen LogP contribution in [0.5, 0.6) is 0 Å². The summed E-state index contributed by atoms with van der Waals surface area (Å²) in [4.78, 5) is 14.8. The fraction of sp³-hybridized carbons (Fsp3) is 0. The van der Waals surface area contributed by atoms with E-state index in [9.17, 15) is 0 Å². The Hall–Kier alpha value is -7.41. The van der Waals surface area contributed by atoms with Gasteiger partial charge in [-0.1, -0.05) is 127 Å². The molecule has 0 amide bonds. The summed E-state index contributed by atoms with van der Waals surface area (Å²) in [7, 11) is 0. The Morgan fingerprint density at radius 1 is 0.386 bits per heavy atom. The number of thiophene rings is 1. The quantitative estimate of drug-likeness (QED) is 0.176. The highest BCUT2D eigenvalue weighted by Gasteiger charge is 2.19. The first-order valence-electron chi connectivity index (χ1n) is 19.0. The van der Waals surface area contributed by atoms with Crippen molar-refractivity contribution in [3.8, 4) is 51.0 Å². The van der Waals surface area contributed by atoms with Gasteiger partial charge < -0.3 is 8.98 Å². The van der Waals surface area contributed by atoms with Crippen LogP contribution in [-0.4, -0.2) is 19.5 Å². The molecule has 0 radical (unpaired) electrons. The second-order valence-corrected chi connectivity index (χ2v) is 15.5. The van der Waals surface area contributed by atoms with E-state index in [1.165, 1.54) is 31.1 Å². The van der Waals surface area contributed by atoms with Crippen LogP contribution in [-0.2, 0) is 0 Å². The maximum atomic E-state index is 6.54. The van der Waals surface area contributed by atoms with E-state index in [0.29, 0.717) is 17.5 Å². The van der Waals surface area contributed by atoms with Crippen molar-refractivity contribution in [3.05, 3.63) is 182 Å². The van der Waals surface area contributed by atoms with Crippen molar-refractivity contribution in [1.29, 1.82) is 0 Å². The highest BCUT2D eigenvalue weighted by Crippen LogP contribution is 2.42. The van der Waals surface area contributed by atoms with Gasteiger partial charge in [0.05, 0.1) is 16.4 Å². The number of hydrogen-bond donors (Lipinski definition) is 0. The first-order valence-corrected chi connectivity index (χ1v) is 19.8. The van der Waals surface area contributed by atoms with E-state index in [1.807, 2.05) is 66.7 Å². The summed E-state index contributed by atoms with van der Waals surface area (Å²) in [5.74, 6) is 1.98. The summed E-state index contributed by atoms with van der Waals surface area (Å²) < 4.78 is 11.3. The molecular formula is C51H30N4OS. The Labute approximate surface area is 330 Å². The Morgan fingerprint density at radius 2 is 1.02 bits per heavy atom. The molecule has 57 heavy (non-hydrogen) atoms. The standard InChI is InChI=1S/C51H30N4OS/c1-3-12-31(13-4-1)49-52-50(32-14-5-2-6-15-32)54-51(53-49)35-22-24-38-41-29-34(23-27-45(41)57-46(38)30-35)33-16-11-17-36(28-33)55-42-20-9-7-19-40(42)47-43(55)26-25-39-37-18-8-10-21-44(37)56-48(39)47/h1-30H. The third kappa shape index (κ3) is 5.12. The van der Waals surface area contributed by atoms with Gasteiger partial charge in [-0.2, -0.15) is 0 Å². The van der Waals surface area contributed by atoms with Crippen LogP contribution in [0.15, 0.2) is 186 Å². The van der Waals surface area contributed by atoms with Gasteiger partial charge in [0, 0.05) is 58.7 Å². The van der Waals surface area contributed by atoms with Gasteiger partial charge in [-0.05, 0) is 65.7 Å². The molecule has 12 aromatic rings. The van der Waals surface area contributed by atoms with Gasteiger partial charge in [0.1, 0.15) is 11.2 Å². The Morgan fingerprint density at radius 3 is 1.81 bits per heavy atom. The third-order valence-electron chi connectivity index (χ3n) is 11.0. The predicted molar refractivity (Wildman–Crippen MR) is 236 cm³/mol. The molecule has 4 aromatic heterocycles. The minimum Gasteiger partial charge on any atom is -0.455 e.